The molecule has 0 bridgehead atoms. The van der Waals surface area contributed by atoms with Crippen LogP contribution in [0.1, 0.15) is 21.5 Å². The molecule has 6 nitrogen and oxygen atoms in total. The predicted octanol–water partition coefficient (Wildman–Crippen LogP) is 3.79. The molecule has 0 saturated heterocycles. The lowest BCUT2D eigenvalue weighted by Gasteiger charge is -2.08. The van der Waals surface area contributed by atoms with Crippen molar-refractivity contribution in [2.24, 2.45) is 10.9 Å². The number of carbonyl (C=O) groups is 1. The van der Waals surface area contributed by atoms with Gasteiger partial charge in [0.15, 0.2) is 5.84 Å². The number of ether oxygens (including phenoxy) is 1. The summed E-state index contributed by atoms with van der Waals surface area (Å²) in [6, 6.07) is 17.3. The Bertz CT molecular complexity index is 944. The van der Waals surface area contributed by atoms with Crippen molar-refractivity contribution in [3.63, 3.8) is 0 Å². The summed E-state index contributed by atoms with van der Waals surface area (Å²) < 4.78 is 5.67. The van der Waals surface area contributed by atoms with Crippen molar-refractivity contribution in [1.29, 1.82) is 0 Å². The van der Waals surface area contributed by atoms with Gasteiger partial charge in [-0.2, -0.15) is 0 Å². The second-order valence-corrected chi connectivity index (χ2v) is 5.90. The highest BCUT2D eigenvalue weighted by Gasteiger charge is 2.09. The second kappa shape index (κ2) is 8.82. The van der Waals surface area contributed by atoms with Crippen LogP contribution in [0.2, 0.25) is 5.02 Å². The lowest BCUT2D eigenvalue weighted by Crippen LogP contribution is -2.15. The van der Waals surface area contributed by atoms with Crippen molar-refractivity contribution >= 4 is 23.4 Å². The molecular formula is C20H16ClN3O3. The van der Waals surface area contributed by atoms with Gasteiger partial charge < -0.3 is 15.3 Å². The Labute approximate surface area is 161 Å². The van der Waals surface area contributed by atoms with Gasteiger partial charge in [0.2, 0.25) is 0 Å². The van der Waals surface area contributed by atoms with Crippen LogP contribution >= 0.6 is 11.6 Å². The van der Waals surface area contributed by atoms with E-state index in [1.54, 1.807) is 54.9 Å². The Kier molecular flexibility index (Phi) is 6.02. The van der Waals surface area contributed by atoms with E-state index in [0.717, 1.165) is 5.56 Å². The average molecular weight is 382 g/mol. The second-order valence-electron chi connectivity index (χ2n) is 5.50. The SMILES string of the molecule is N/C(=N/OC(=O)c1ccc(OCc2ccccc2Cl)cc1)c1ccncc1. The van der Waals surface area contributed by atoms with Crippen LogP contribution in [0.25, 0.3) is 0 Å². The zero-order valence-electron chi connectivity index (χ0n) is 14.2. The quantitative estimate of drug-likeness (QED) is 0.304. The minimum Gasteiger partial charge on any atom is -0.489 e. The van der Waals surface area contributed by atoms with Crippen LogP contribution in [0, 0.1) is 0 Å². The number of amidine groups is 1. The molecule has 7 heteroatoms. The maximum atomic E-state index is 12.1. The smallest absolute Gasteiger partial charge is 0.365 e. The molecule has 0 radical (unpaired) electrons. The molecule has 0 aliphatic carbocycles. The molecule has 1 heterocycles. The molecule has 0 spiro atoms. The van der Waals surface area contributed by atoms with Crippen LogP contribution < -0.4 is 10.5 Å². The number of carbonyl (C=O) groups excluding carboxylic acids is 1. The Morgan fingerprint density at radius 3 is 2.41 bits per heavy atom. The highest BCUT2D eigenvalue weighted by molar-refractivity contribution is 6.31. The van der Waals surface area contributed by atoms with Gasteiger partial charge in [-0.1, -0.05) is 35.0 Å². The van der Waals surface area contributed by atoms with E-state index >= 15 is 0 Å². The lowest BCUT2D eigenvalue weighted by atomic mass is 10.2. The van der Waals surface area contributed by atoms with E-state index in [4.69, 9.17) is 26.9 Å². The molecule has 2 N–H and O–H groups in total. The normalized spacial score (nSPS) is 11.1. The number of nitrogens with zero attached hydrogens (tertiary/aromatic N) is 2. The third kappa shape index (κ3) is 5.05. The summed E-state index contributed by atoms with van der Waals surface area (Å²) in [6.07, 6.45) is 3.14. The molecule has 0 saturated carbocycles. The van der Waals surface area contributed by atoms with E-state index in [9.17, 15) is 4.79 Å². The monoisotopic (exact) mass is 381 g/mol. The van der Waals surface area contributed by atoms with Crippen molar-refractivity contribution in [2.75, 3.05) is 0 Å². The summed E-state index contributed by atoms with van der Waals surface area (Å²) in [5.74, 6) is 0.0707. The molecule has 27 heavy (non-hydrogen) atoms. The maximum absolute atomic E-state index is 12.1. The highest BCUT2D eigenvalue weighted by Crippen LogP contribution is 2.19. The van der Waals surface area contributed by atoms with Gasteiger partial charge in [-0.25, -0.2) is 4.79 Å². The third-order valence-corrected chi connectivity index (χ3v) is 4.01. The molecule has 0 unspecified atom stereocenters. The first-order chi connectivity index (χ1) is 13.1. The fourth-order valence-electron chi connectivity index (χ4n) is 2.18. The number of nitrogens with two attached hydrogens (primary N) is 1. The minimum absolute atomic E-state index is 0.0884. The van der Waals surface area contributed by atoms with Gasteiger partial charge in [-0.15, -0.1) is 0 Å². The summed E-state index contributed by atoms with van der Waals surface area (Å²) >= 11 is 6.09. The lowest BCUT2D eigenvalue weighted by molar-refractivity contribution is 0.0516. The van der Waals surface area contributed by atoms with Gasteiger partial charge in [0.05, 0.1) is 5.56 Å². The van der Waals surface area contributed by atoms with Gasteiger partial charge >= 0.3 is 5.97 Å². The zero-order chi connectivity index (χ0) is 19.1. The third-order valence-electron chi connectivity index (χ3n) is 3.65. The predicted molar refractivity (Wildman–Crippen MR) is 103 cm³/mol. The zero-order valence-corrected chi connectivity index (χ0v) is 15.0. The molecule has 0 aliphatic rings. The Balaban J connectivity index is 1.58. The number of benzene rings is 2. The number of oxime groups is 1. The molecule has 0 aliphatic heterocycles. The van der Waals surface area contributed by atoms with Crippen LogP contribution in [0.3, 0.4) is 0 Å². The topological polar surface area (TPSA) is 86.8 Å². The van der Waals surface area contributed by atoms with Gasteiger partial charge in [0, 0.05) is 28.5 Å². The van der Waals surface area contributed by atoms with Crippen LogP contribution in [0.5, 0.6) is 5.75 Å². The Hall–Kier alpha value is -3.38. The van der Waals surface area contributed by atoms with Crippen LogP contribution in [0.4, 0.5) is 0 Å². The maximum Gasteiger partial charge on any atom is 0.365 e. The van der Waals surface area contributed by atoms with E-state index < -0.39 is 5.97 Å². The fraction of sp³-hybridized carbons (Fsp3) is 0.0500. The van der Waals surface area contributed by atoms with Gasteiger partial charge in [0.1, 0.15) is 12.4 Å². The number of hydrogen-bond acceptors (Lipinski definition) is 5. The van der Waals surface area contributed by atoms with Crippen LogP contribution in [-0.2, 0) is 11.4 Å². The standard InChI is InChI=1S/C20H16ClN3O3/c21-18-4-2-1-3-16(18)13-26-17-7-5-15(6-8-17)20(25)27-24-19(22)14-9-11-23-12-10-14/h1-12H,13H2,(H2,22,24). The number of rotatable bonds is 6. The van der Waals surface area contributed by atoms with E-state index in [1.165, 1.54) is 0 Å². The molecule has 0 amide bonds. The number of pyridine rings is 1. The van der Waals surface area contributed by atoms with Crippen molar-refractivity contribution in [3.8, 4) is 5.75 Å². The Morgan fingerprint density at radius 1 is 1.00 bits per heavy atom. The van der Waals surface area contributed by atoms with Gasteiger partial charge in [-0.05, 0) is 42.5 Å². The number of aromatic nitrogens is 1. The average Bonchev–Trinajstić information content (AvgIpc) is 2.72. The molecular weight excluding hydrogens is 366 g/mol. The Morgan fingerprint density at radius 2 is 1.70 bits per heavy atom. The van der Waals surface area contributed by atoms with Gasteiger partial charge in [-0.3, -0.25) is 4.98 Å². The molecule has 0 atom stereocenters. The van der Waals surface area contributed by atoms with Crippen LogP contribution in [0.15, 0.2) is 78.2 Å². The summed E-state index contributed by atoms with van der Waals surface area (Å²) in [7, 11) is 0. The molecule has 1 aromatic heterocycles. The number of halogens is 1. The van der Waals surface area contributed by atoms with Crippen molar-refractivity contribution < 1.29 is 14.4 Å². The van der Waals surface area contributed by atoms with Crippen LogP contribution in [-0.4, -0.2) is 16.8 Å². The van der Waals surface area contributed by atoms with E-state index in [2.05, 4.69) is 10.1 Å². The van der Waals surface area contributed by atoms with E-state index in [1.807, 2.05) is 18.2 Å². The van der Waals surface area contributed by atoms with Crippen molar-refractivity contribution in [2.45, 2.75) is 6.61 Å². The minimum atomic E-state index is -0.621. The summed E-state index contributed by atoms with van der Waals surface area (Å²) in [5, 5.41) is 4.29. The first kappa shape index (κ1) is 18.4. The summed E-state index contributed by atoms with van der Waals surface area (Å²) in [5.41, 5.74) is 7.58. The molecule has 3 aromatic rings. The molecule has 0 fully saturated rings. The summed E-state index contributed by atoms with van der Waals surface area (Å²) in [4.78, 5) is 20.8. The van der Waals surface area contributed by atoms with Gasteiger partial charge in [0.25, 0.3) is 0 Å². The van der Waals surface area contributed by atoms with E-state index in [-0.39, 0.29) is 5.84 Å². The first-order valence-electron chi connectivity index (χ1n) is 8.05. The molecule has 3 rings (SSSR count). The van der Waals surface area contributed by atoms with Crippen molar-refractivity contribution in [3.05, 3.63) is 94.8 Å². The molecule has 2 aromatic carbocycles. The fourth-order valence-corrected chi connectivity index (χ4v) is 2.37. The summed E-state index contributed by atoms with van der Waals surface area (Å²) in [6.45, 7) is 0.330. The van der Waals surface area contributed by atoms with E-state index in [0.29, 0.717) is 28.5 Å². The first-order valence-corrected chi connectivity index (χ1v) is 8.43. The highest BCUT2D eigenvalue weighted by atomic mass is 35.5. The number of hydrogen-bond donors (Lipinski definition) is 1. The largest absolute Gasteiger partial charge is 0.489 e. The molecule has 136 valence electrons. The van der Waals surface area contributed by atoms with Crippen molar-refractivity contribution in [1.82, 2.24) is 4.98 Å².